The van der Waals surface area contributed by atoms with Crippen LogP contribution in [0, 0.1) is 0 Å². The van der Waals surface area contributed by atoms with E-state index in [9.17, 15) is 10.2 Å². The summed E-state index contributed by atoms with van der Waals surface area (Å²) in [4.78, 5) is 0. The van der Waals surface area contributed by atoms with Gasteiger partial charge in [-0.15, -0.1) is 0 Å². The molecule has 0 saturated heterocycles. The first-order valence-electron chi connectivity index (χ1n) is 11.8. The third-order valence-electron chi connectivity index (χ3n) is 5.80. The van der Waals surface area contributed by atoms with Crippen LogP contribution in [0.5, 0.6) is 11.5 Å². The van der Waals surface area contributed by atoms with Gasteiger partial charge < -0.3 is 10.2 Å². The SMILES string of the molecule is CCCCCCCc1cc(Cc2ccc(O)c(CCCCCCC)c2)ccc1O. The van der Waals surface area contributed by atoms with Gasteiger partial charge in [0.25, 0.3) is 0 Å². The average molecular weight is 397 g/mol. The quantitative estimate of drug-likeness (QED) is 0.321. The standard InChI is InChI=1S/C27H40O2/c1-3-5-7-9-11-13-24-20-22(15-17-26(24)28)19-23-16-18-27(29)25(21-23)14-12-10-8-6-4-2/h15-18,20-21,28-29H,3-14,19H2,1-2H3. The zero-order valence-electron chi connectivity index (χ0n) is 18.6. The second-order valence-electron chi connectivity index (χ2n) is 8.43. The van der Waals surface area contributed by atoms with Crippen molar-refractivity contribution >= 4 is 0 Å². The molecule has 0 bridgehead atoms. The summed E-state index contributed by atoms with van der Waals surface area (Å²) in [7, 11) is 0. The summed E-state index contributed by atoms with van der Waals surface area (Å²) >= 11 is 0. The van der Waals surface area contributed by atoms with Crippen LogP contribution in [0.15, 0.2) is 36.4 Å². The molecule has 2 aromatic carbocycles. The fourth-order valence-electron chi connectivity index (χ4n) is 3.97. The van der Waals surface area contributed by atoms with Crippen molar-refractivity contribution in [2.45, 2.75) is 97.3 Å². The van der Waals surface area contributed by atoms with Crippen molar-refractivity contribution in [2.75, 3.05) is 0 Å². The maximum absolute atomic E-state index is 10.2. The Kier molecular flexibility index (Phi) is 10.7. The molecule has 2 aromatic rings. The van der Waals surface area contributed by atoms with Gasteiger partial charge in [-0.3, -0.25) is 0 Å². The van der Waals surface area contributed by atoms with Crippen LogP contribution in [0.2, 0.25) is 0 Å². The number of hydrogen-bond donors (Lipinski definition) is 2. The lowest BCUT2D eigenvalue weighted by molar-refractivity contribution is 0.465. The Morgan fingerprint density at radius 3 is 1.38 bits per heavy atom. The molecule has 0 fully saturated rings. The summed E-state index contributed by atoms with van der Waals surface area (Å²) in [6.45, 7) is 4.47. The van der Waals surface area contributed by atoms with Gasteiger partial charge in [-0.05, 0) is 66.5 Å². The zero-order chi connectivity index (χ0) is 20.9. The van der Waals surface area contributed by atoms with Crippen LogP contribution in [0.4, 0.5) is 0 Å². The third-order valence-corrected chi connectivity index (χ3v) is 5.80. The van der Waals surface area contributed by atoms with Gasteiger partial charge in [0.15, 0.2) is 0 Å². The number of aryl methyl sites for hydroxylation is 2. The van der Waals surface area contributed by atoms with Gasteiger partial charge >= 0.3 is 0 Å². The Bertz CT molecular complexity index is 659. The highest BCUT2D eigenvalue weighted by molar-refractivity contribution is 5.41. The molecule has 2 N–H and O–H groups in total. The van der Waals surface area contributed by atoms with Crippen LogP contribution < -0.4 is 0 Å². The number of rotatable bonds is 14. The lowest BCUT2D eigenvalue weighted by atomic mass is 9.96. The predicted octanol–water partition coefficient (Wildman–Crippen LogP) is 7.71. The largest absolute Gasteiger partial charge is 0.508 e. The number of aromatic hydroxyl groups is 2. The van der Waals surface area contributed by atoms with Gasteiger partial charge in [-0.1, -0.05) is 89.5 Å². The Morgan fingerprint density at radius 2 is 0.966 bits per heavy atom. The normalized spacial score (nSPS) is 11.1. The first-order valence-corrected chi connectivity index (χ1v) is 11.8. The Morgan fingerprint density at radius 1 is 0.552 bits per heavy atom. The summed E-state index contributed by atoms with van der Waals surface area (Å²) in [6.07, 6.45) is 15.2. The number of benzene rings is 2. The Labute approximate surface area is 178 Å². The molecule has 0 amide bonds. The Hall–Kier alpha value is -1.96. The second-order valence-corrected chi connectivity index (χ2v) is 8.43. The highest BCUT2D eigenvalue weighted by Crippen LogP contribution is 2.25. The van der Waals surface area contributed by atoms with E-state index in [1.165, 1.54) is 62.5 Å². The molecule has 29 heavy (non-hydrogen) atoms. The van der Waals surface area contributed by atoms with E-state index >= 15 is 0 Å². The van der Waals surface area contributed by atoms with E-state index in [1.807, 2.05) is 24.3 Å². The number of hydrogen-bond acceptors (Lipinski definition) is 2. The molecule has 2 nitrogen and oxygen atoms in total. The molecular formula is C27H40O2. The van der Waals surface area contributed by atoms with Gasteiger partial charge in [-0.2, -0.15) is 0 Å². The molecule has 0 unspecified atom stereocenters. The van der Waals surface area contributed by atoms with Crippen LogP contribution in [0.3, 0.4) is 0 Å². The van der Waals surface area contributed by atoms with Crippen molar-refractivity contribution in [1.29, 1.82) is 0 Å². The smallest absolute Gasteiger partial charge is 0.118 e. The van der Waals surface area contributed by atoms with Crippen LogP contribution in [0.25, 0.3) is 0 Å². The average Bonchev–Trinajstić information content (AvgIpc) is 2.72. The van der Waals surface area contributed by atoms with Crippen molar-refractivity contribution in [3.8, 4) is 11.5 Å². The van der Waals surface area contributed by atoms with Crippen molar-refractivity contribution in [2.24, 2.45) is 0 Å². The molecule has 0 heterocycles. The van der Waals surface area contributed by atoms with E-state index in [-0.39, 0.29) is 0 Å². The molecule has 0 aliphatic rings. The van der Waals surface area contributed by atoms with Gasteiger partial charge in [0, 0.05) is 0 Å². The van der Waals surface area contributed by atoms with E-state index in [4.69, 9.17) is 0 Å². The molecule has 2 rings (SSSR count). The van der Waals surface area contributed by atoms with Crippen LogP contribution >= 0.6 is 0 Å². The molecule has 0 atom stereocenters. The lowest BCUT2D eigenvalue weighted by Crippen LogP contribution is -1.95. The van der Waals surface area contributed by atoms with Crippen molar-refractivity contribution in [1.82, 2.24) is 0 Å². The van der Waals surface area contributed by atoms with E-state index in [0.29, 0.717) is 11.5 Å². The zero-order valence-corrected chi connectivity index (χ0v) is 18.6. The van der Waals surface area contributed by atoms with Gasteiger partial charge in [0.2, 0.25) is 0 Å². The second kappa shape index (κ2) is 13.3. The molecule has 0 saturated carbocycles. The highest BCUT2D eigenvalue weighted by atomic mass is 16.3. The van der Waals surface area contributed by atoms with E-state index in [2.05, 4.69) is 26.0 Å². The first-order chi connectivity index (χ1) is 14.1. The predicted molar refractivity (Wildman–Crippen MR) is 124 cm³/mol. The monoisotopic (exact) mass is 396 g/mol. The first kappa shape index (κ1) is 23.3. The van der Waals surface area contributed by atoms with Crippen molar-refractivity contribution < 1.29 is 10.2 Å². The maximum Gasteiger partial charge on any atom is 0.118 e. The van der Waals surface area contributed by atoms with Gasteiger partial charge in [0.1, 0.15) is 11.5 Å². The summed E-state index contributed by atoms with van der Waals surface area (Å²) in [5.41, 5.74) is 4.58. The maximum atomic E-state index is 10.2. The van der Waals surface area contributed by atoms with Crippen LogP contribution in [-0.4, -0.2) is 10.2 Å². The number of phenols is 2. The molecule has 0 aliphatic carbocycles. The summed E-state index contributed by atoms with van der Waals surface area (Å²) < 4.78 is 0. The molecule has 0 aromatic heterocycles. The molecule has 0 aliphatic heterocycles. The van der Waals surface area contributed by atoms with E-state index in [0.717, 1.165) is 43.2 Å². The number of unbranched alkanes of at least 4 members (excludes halogenated alkanes) is 8. The summed E-state index contributed by atoms with van der Waals surface area (Å²) in [6, 6.07) is 12.0. The molecule has 2 heteroatoms. The molecule has 0 spiro atoms. The Balaban J connectivity index is 1.94. The minimum Gasteiger partial charge on any atom is -0.508 e. The minimum atomic E-state index is 0.419. The fourth-order valence-corrected chi connectivity index (χ4v) is 3.97. The topological polar surface area (TPSA) is 40.5 Å². The lowest BCUT2D eigenvalue weighted by Gasteiger charge is -2.11. The van der Waals surface area contributed by atoms with E-state index in [1.54, 1.807) is 0 Å². The summed E-state index contributed by atoms with van der Waals surface area (Å²) in [5.74, 6) is 0.838. The molecule has 160 valence electrons. The van der Waals surface area contributed by atoms with Gasteiger partial charge in [-0.25, -0.2) is 0 Å². The van der Waals surface area contributed by atoms with Gasteiger partial charge in [0.05, 0.1) is 0 Å². The van der Waals surface area contributed by atoms with Crippen LogP contribution in [0.1, 0.15) is 100 Å². The fraction of sp³-hybridized carbons (Fsp3) is 0.556. The van der Waals surface area contributed by atoms with Crippen molar-refractivity contribution in [3.63, 3.8) is 0 Å². The molecular weight excluding hydrogens is 356 g/mol. The number of phenolic OH excluding ortho intramolecular Hbond substituents is 2. The van der Waals surface area contributed by atoms with Crippen molar-refractivity contribution in [3.05, 3.63) is 58.7 Å². The minimum absolute atomic E-state index is 0.419. The molecule has 0 radical (unpaired) electrons. The third kappa shape index (κ3) is 8.51. The summed E-state index contributed by atoms with van der Waals surface area (Å²) in [5, 5.41) is 20.4. The highest BCUT2D eigenvalue weighted by Gasteiger charge is 2.07. The van der Waals surface area contributed by atoms with E-state index < -0.39 is 0 Å². The van der Waals surface area contributed by atoms with Crippen LogP contribution in [-0.2, 0) is 19.3 Å².